The third-order valence-electron chi connectivity index (χ3n) is 1.91. The minimum Gasteiger partial charge on any atom is -0.394 e. The van der Waals surface area contributed by atoms with Crippen LogP contribution >= 0.6 is 15.9 Å². The van der Waals surface area contributed by atoms with Gasteiger partial charge in [-0.2, -0.15) is 0 Å². The molecule has 0 radical (unpaired) electrons. The molecule has 0 aliphatic rings. The van der Waals surface area contributed by atoms with Crippen molar-refractivity contribution in [2.75, 3.05) is 13.2 Å². The maximum absolute atomic E-state index is 13.1. The molecule has 0 saturated carbocycles. The fourth-order valence-electron chi connectivity index (χ4n) is 1.05. The molecule has 16 heavy (non-hydrogen) atoms. The number of carbonyl (C=O) groups is 1. The number of rotatable bonds is 4. The van der Waals surface area contributed by atoms with Crippen molar-refractivity contribution in [3.05, 3.63) is 34.1 Å². The summed E-state index contributed by atoms with van der Waals surface area (Å²) in [6.07, 6.45) is -1.02. The number of aliphatic hydroxyl groups is 2. The molecule has 6 heteroatoms. The second-order valence-corrected chi connectivity index (χ2v) is 3.94. The van der Waals surface area contributed by atoms with Crippen molar-refractivity contribution in [2.45, 2.75) is 6.10 Å². The van der Waals surface area contributed by atoms with Crippen LogP contribution < -0.4 is 5.32 Å². The lowest BCUT2D eigenvalue weighted by Gasteiger charge is -2.10. The largest absolute Gasteiger partial charge is 0.394 e. The van der Waals surface area contributed by atoms with E-state index in [1.807, 2.05) is 0 Å². The zero-order valence-corrected chi connectivity index (χ0v) is 9.87. The summed E-state index contributed by atoms with van der Waals surface area (Å²) >= 11 is 2.96. The number of carbonyl (C=O) groups excluding carboxylic acids is 1. The van der Waals surface area contributed by atoms with Crippen molar-refractivity contribution in [3.8, 4) is 0 Å². The van der Waals surface area contributed by atoms with Crippen LogP contribution in [-0.2, 0) is 0 Å². The second kappa shape index (κ2) is 5.93. The molecular formula is C10H11BrFNO3. The number of benzene rings is 1. The molecule has 0 aliphatic carbocycles. The average Bonchev–Trinajstić information content (AvgIpc) is 2.29. The van der Waals surface area contributed by atoms with Gasteiger partial charge in [-0.15, -0.1) is 0 Å². The second-order valence-electron chi connectivity index (χ2n) is 3.15. The summed E-state index contributed by atoms with van der Waals surface area (Å²) in [4.78, 5) is 11.5. The third kappa shape index (κ3) is 3.26. The van der Waals surface area contributed by atoms with E-state index in [2.05, 4.69) is 21.2 Å². The van der Waals surface area contributed by atoms with E-state index in [4.69, 9.17) is 10.2 Å². The highest BCUT2D eigenvalue weighted by atomic mass is 79.9. The van der Waals surface area contributed by atoms with Crippen LogP contribution in [0.25, 0.3) is 0 Å². The van der Waals surface area contributed by atoms with E-state index >= 15 is 0 Å². The Hall–Kier alpha value is -0.980. The van der Waals surface area contributed by atoms with Crippen LogP contribution in [0.1, 0.15) is 10.4 Å². The van der Waals surface area contributed by atoms with Gasteiger partial charge in [-0.1, -0.05) is 6.07 Å². The Kier molecular flexibility index (Phi) is 4.85. The molecule has 88 valence electrons. The number of hydrogen-bond acceptors (Lipinski definition) is 3. The molecule has 1 unspecified atom stereocenters. The van der Waals surface area contributed by atoms with Crippen molar-refractivity contribution in [1.29, 1.82) is 0 Å². The predicted octanol–water partition coefficient (Wildman–Crippen LogP) is 0.671. The van der Waals surface area contributed by atoms with Crippen molar-refractivity contribution < 1.29 is 19.4 Å². The Bertz CT molecular complexity index is 386. The first-order valence-electron chi connectivity index (χ1n) is 4.57. The van der Waals surface area contributed by atoms with E-state index in [1.54, 1.807) is 0 Å². The summed E-state index contributed by atoms with van der Waals surface area (Å²) in [5, 5.41) is 19.9. The van der Waals surface area contributed by atoms with E-state index in [9.17, 15) is 9.18 Å². The highest BCUT2D eigenvalue weighted by molar-refractivity contribution is 9.10. The van der Waals surface area contributed by atoms with Crippen molar-refractivity contribution >= 4 is 21.8 Å². The molecule has 0 fully saturated rings. The maximum Gasteiger partial charge on any atom is 0.252 e. The predicted molar refractivity (Wildman–Crippen MR) is 59.5 cm³/mol. The number of hydrogen-bond donors (Lipinski definition) is 3. The molecule has 0 spiro atoms. The fourth-order valence-corrected chi connectivity index (χ4v) is 1.49. The van der Waals surface area contributed by atoms with Gasteiger partial charge in [0.25, 0.3) is 5.91 Å². The van der Waals surface area contributed by atoms with Gasteiger partial charge in [0.15, 0.2) is 0 Å². The van der Waals surface area contributed by atoms with Gasteiger partial charge in [0, 0.05) is 6.54 Å². The van der Waals surface area contributed by atoms with Gasteiger partial charge >= 0.3 is 0 Å². The van der Waals surface area contributed by atoms with Crippen molar-refractivity contribution in [3.63, 3.8) is 0 Å². The molecule has 4 nitrogen and oxygen atoms in total. The smallest absolute Gasteiger partial charge is 0.252 e. The number of aliphatic hydroxyl groups excluding tert-OH is 2. The Morgan fingerprint density at radius 3 is 2.88 bits per heavy atom. The molecule has 0 aromatic heterocycles. The monoisotopic (exact) mass is 291 g/mol. The van der Waals surface area contributed by atoms with Gasteiger partial charge in [-0.05, 0) is 28.1 Å². The molecule has 0 heterocycles. The molecule has 0 aliphatic heterocycles. The molecule has 0 bridgehead atoms. The first-order valence-corrected chi connectivity index (χ1v) is 5.36. The number of amides is 1. The highest BCUT2D eigenvalue weighted by Crippen LogP contribution is 2.20. The van der Waals surface area contributed by atoms with Gasteiger partial charge in [0.2, 0.25) is 0 Å². The third-order valence-corrected chi connectivity index (χ3v) is 2.71. The zero-order valence-electron chi connectivity index (χ0n) is 8.28. The van der Waals surface area contributed by atoms with Gasteiger partial charge in [0.1, 0.15) is 5.82 Å². The van der Waals surface area contributed by atoms with Crippen LogP contribution in [0.4, 0.5) is 4.39 Å². The van der Waals surface area contributed by atoms with E-state index in [1.165, 1.54) is 18.2 Å². The molecule has 3 N–H and O–H groups in total. The first-order chi connectivity index (χ1) is 7.56. The zero-order chi connectivity index (χ0) is 12.1. The van der Waals surface area contributed by atoms with E-state index in [-0.39, 0.29) is 16.6 Å². The summed E-state index contributed by atoms with van der Waals surface area (Å²) in [5.74, 6) is -1.05. The molecule has 1 aromatic rings. The number of nitrogens with one attached hydrogen (secondary N) is 1. The van der Waals surface area contributed by atoms with E-state index in [0.29, 0.717) is 0 Å². The minimum atomic E-state index is -1.02. The van der Waals surface area contributed by atoms with Gasteiger partial charge in [-0.25, -0.2) is 4.39 Å². The highest BCUT2D eigenvalue weighted by Gasteiger charge is 2.13. The molecule has 1 amide bonds. The van der Waals surface area contributed by atoms with Gasteiger partial charge in [-0.3, -0.25) is 4.79 Å². The maximum atomic E-state index is 13.1. The Morgan fingerprint density at radius 1 is 1.56 bits per heavy atom. The van der Waals surface area contributed by atoms with Crippen molar-refractivity contribution in [1.82, 2.24) is 5.32 Å². The normalized spacial score (nSPS) is 12.2. The van der Waals surface area contributed by atoms with Crippen LogP contribution in [0, 0.1) is 5.82 Å². The summed E-state index contributed by atoms with van der Waals surface area (Å²) in [6, 6.07) is 4.09. The topological polar surface area (TPSA) is 69.6 Å². The van der Waals surface area contributed by atoms with Crippen LogP contribution in [0.5, 0.6) is 0 Å². The first kappa shape index (κ1) is 13.1. The summed E-state index contributed by atoms with van der Waals surface area (Å²) in [5.41, 5.74) is 0.144. The van der Waals surface area contributed by atoms with E-state index in [0.717, 1.165) is 0 Å². The average molecular weight is 292 g/mol. The summed E-state index contributed by atoms with van der Waals surface area (Å²) in [6.45, 7) is -0.525. The molecule has 1 rings (SSSR count). The van der Waals surface area contributed by atoms with Crippen LogP contribution in [0.3, 0.4) is 0 Å². The van der Waals surface area contributed by atoms with Crippen LogP contribution in [0.2, 0.25) is 0 Å². The number of halogens is 2. The lowest BCUT2D eigenvalue weighted by Crippen LogP contribution is -2.34. The lowest BCUT2D eigenvalue weighted by atomic mass is 10.2. The quantitative estimate of drug-likeness (QED) is 0.764. The SMILES string of the molecule is O=C(NCC(O)CO)c1cccc(F)c1Br. The molecule has 0 saturated heterocycles. The lowest BCUT2D eigenvalue weighted by molar-refractivity contribution is 0.0801. The fraction of sp³-hybridized carbons (Fsp3) is 0.300. The minimum absolute atomic E-state index is 0.0750. The van der Waals surface area contributed by atoms with Gasteiger partial charge < -0.3 is 15.5 Å². The van der Waals surface area contributed by atoms with Crippen molar-refractivity contribution in [2.24, 2.45) is 0 Å². The standard InChI is InChI=1S/C10H11BrFNO3/c11-9-7(2-1-3-8(9)12)10(16)13-4-6(15)5-14/h1-3,6,14-15H,4-5H2,(H,13,16). The van der Waals surface area contributed by atoms with Crippen LogP contribution in [-0.4, -0.2) is 35.4 Å². The molecular weight excluding hydrogens is 281 g/mol. The molecule has 1 aromatic carbocycles. The Morgan fingerprint density at radius 2 is 2.25 bits per heavy atom. The van der Waals surface area contributed by atoms with Gasteiger partial charge in [0.05, 0.1) is 22.7 Å². The Balaban J connectivity index is 2.70. The molecule has 1 atom stereocenters. The summed E-state index contributed by atoms with van der Waals surface area (Å²) < 4.78 is 13.2. The Labute approximate surface area is 100 Å². The van der Waals surface area contributed by atoms with Crippen LogP contribution in [0.15, 0.2) is 22.7 Å². The van der Waals surface area contributed by atoms with E-state index < -0.39 is 24.4 Å². The summed E-state index contributed by atoms with van der Waals surface area (Å²) in [7, 11) is 0.